The van der Waals surface area contributed by atoms with Gasteiger partial charge in [-0.2, -0.15) is 4.52 Å². The zero-order valence-electron chi connectivity index (χ0n) is 10.8. The monoisotopic (exact) mass is 331 g/mol. The van der Waals surface area contributed by atoms with Crippen LogP contribution in [0.3, 0.4) is 0 Å². The zero-order chi connectivity index (χ0) is 13.9. The lowest BCUT2D eigenvalue weighted by Gasteiger charge is -2.19. The van der Waals surface area contributed by atoms with Gasteiger partial charge in [0.15, 0.2) is 0 Å². The summed E-state index contributed by atoms with van der Waals surface area (Å²) in [6, 6.07) is 0. The van der Waals surface area contributed by atoms with Gasteiger partial charge in [-0.15, -0.1) is 0 Å². The van der Waals surface area contributed by atoms with Crippen LogP contribution >= 0.6 is 14.5 Å². The van der Waals surface area contributed by atoms with Crippen molar-refractivity contribution in [2.75, 3.05) is 26.4 Å². The molecule has 0 saturated carbocycles. The molecule has 4 nitrogen and oxygen atoms in total. The van der Waals surface area contributed by atoms with Crippen molar-refractivity contribution in [3.8, 4) is 0 Å². The van der Waals surface area contributed by atoms with Gasteiger partial charge in [-0.25, -0.2) is 0 Å². The Labute approximate surface area is 122 Å². The minimum absolute atomic E-state index is 0.133. The maximum Gasteiger partial charge on any atom is 0.373 e. The number of aliphatic hydroxyl groups is 1. The molecule has 2 atom stereocenters. The standard InChI is InChI=1S/C10H21O4P2S2/c1-3-10(2,12-7-4-6-11)16(18)14-9-5-8-13-15-17/h11H,3-9H2,1-2H3/q+1. The summed E-state index contributed by atoms with van der Waals surface area (Å²) in [5.74, 6) is 0. The fourth-order valence-electron chi connectivity index (χ4n) is 1.09. The van der Waals surface area contributed by atoms with Gasteiger partial charge in [0.25, 0.3) is 5.34 Å². The molecule has 106 valence electrons. The van der Waals surface area contributed by atoms with Gasteiger partial charge in [-0.1, -0.05) is 6.92 Å². The topological polar surface area (TPSA) is 47.9 Å². The molecule has 0 heterocycles. The lowest BCUT2D eigenvalue weighted by molar-refractivity contribution is 0.0183. The van der Waals surface area contributed by atoms with Crippen molar-refractivity contribution < 1.29 is 18.9 Å². The van der Waals surface area contributed by atoms with E-state index in [1.807, 2.05) is 13.8 Å². The highest BCUT2D eigenvalue weighted by Crippen LogP contribution is 2.43. The fraction of sp³-hybridized carbons (Fsp3) is 1.00. The third kappa shape index (κ3) is 8.13. The largest absolute Gasteiger partial charge is 0.396 e. The van der Waals surface area contributed by atoms with Crippen LogP contribution in [0.1, 0.15) is 33.1 Å². The molecule has 0 aromatic carbocycles. The fourth-order valence-corrected chi connectivity index (χ4v) is 3.30. The molecule has 8 heteroatoms. The first-order valence-corrected chi connectivity index (χ1v) is 10.00. The summed E-state index contributed by atoms with van der Waals surface area (Å²) in [5, 5.41) is 8.32. The Balaban J connectivity index is 3.96. The highest BCUT2D eigenvalue weighted by Gasteiger charge is 2.41. The normalized spacial score (nSPS) is 15.6. The van der Waals surface area contributed by atoms with E-state index < -0.39 is 12.3 Å². The number of hydrogen-bond acceptors (Lipinski definition) is 6. The SMILES string of the molecule is CCC(C)(OCCCO)[P+](=S)OCCCOP=S. The Kier molecular flexibility index (Phi) is 12.3. The van der Waals surface area contributed by atoms with Gasteiger partial charge in [-0.3, -0.25) is 0 Å². The van der Waals surface area contributed by atoms with Crippen molar-refractivity contribution in [1.82, 2.24) is 0 Å². The molecule has 0 bridgehead atoms. The third-order valence-electron chi connectivity index (χ3n) is 2.40. The molecule has 18 heavy (non-hydrogen) atoms. The molecule has 0 aromatic rings. The number of ether oxygens (including phenoxy) is 1. The molecule has 0 aliphatic rings. The van der Waals surface area contributed by atoms with E-state index in [9.17, 15) is 0 Å². The van der Waals surface area contributed by atoms with Crippen LogP contribution in [0.15, 0.2) is 0 Å². The molecule has 2 unspecified atom stereocenters. The summed E-state index contributed by atoms with van der Waals surface area (Å²) < 4.78 is 16.4. The molecule has 0 fully saturated rings. The van der Waals surface area contributed by atoms with Crippen LogP contribution in [0, 0.1) is 0 Å². The number of hydrogen-bond donors (Lipinski definition) is 1. The quantitative estimate of drug-likeness (QED) is 0.438. The van der Waals surface area contributed by atoms with E-state index in [2.05, 4.69) is 11.8 Å². The van der Waals surface area contributed by atoms with Gasteiger partial charge in [-0.05, 0) is 24.6 Å². The molecular weight excluding hydrogens is 310 g/mol. The van der Waals surface area contributed by atoms with E-state index in [0.717, 1.165) is 12.8 Å². The van der Waals surface area contributed by atoms with Crippen LogP contribution in [-0.2, 0) is 37.4 Å². The Bertz CT molecular complexity index is 256. The Morgan fingerprint density at radius 2 is 2.00 bits per heavy atom. The van der Waals surface area contributed by atoms with Crippen molar-refractivity contribution in [3.05, 3.63) is 0 Å². The summed E-state index contributed by atoms with van der Waals surface area (Å²) in [4.78, 5) is 0. The Morgan fingerprint density at radius 3 is 2.56 bits per heavy atom. The lowest BCUT2D eigenvalue weighted by atomic mass is 10.3. The number of rotatable bonds is 12. The highest BCUT2D eigenvalue weighted by atomic mass is 32.4. The first kappa shape index (κ1) is 18.9. The van der Waals surface area contributed by atoms with Crippen molar-refractivity contribution in [2.45, 2.75) is 38.5 Å². The van der Waals surface area contributed by atoms with Crippen molar-refractivity contribution >= 4 is 38.1 Å². The van der Waals surface area contributed by atoms with E-state index in [1.165, 1.54) is 0 Å². The van der Waals surface area contributed by atoms with E-state index in [1.54, 1.807) is 0 Å². The second-order valence-corrected chi connectivity index (χ2v) is 7.37. The van der Waals surface area contributed by atoms with Crippen molar-refractivity contribution in [1.29, 1.82) is 0 Å². The smallest absolute Gasteiger partial charge is 0.373 e. The molecule has 0 spiro atoms. The maximum absolute atomic E-state index is 8.74. The molecular formula is C10H21O4P2S2+. The summed E-state index contributed by atoms with van der Waals surface area (Å²) in [5.41, 5.74) is 0. The maximum atomic E-state index is 8.74. The third-order valence-corrected chi connectivity index (χ3v) is 6.11. The van der Waals surface area contributed by atoms with E-state index >= 15 is 0 Å². The van der Waals surface area contributed by atoms with E-state index in [4.69, 9.17) is 30.7 Å². The van der Waals surface area contributed by atoms with Crippen molar-refractivity contribution in [2.24, 2.45) is 0 Å². The average molecular weight is 331 g/mol. The first-order chi connectivity index (χ1) is 8.60. The number of aliphatic hydroxyl groups excluding tert-OH is 1. The summed E-state index contributed by atoms with van der Waals surface area (Å²) >= 11 is 10.0. The molecule has 0 aliphatic carbocycles. The summed E-state index contributed by atoms with van der Waals surface area (Å²) in [6.45, 7) is 4.74. The highest BCUT2D eigenvalue weighted by molar-refractivity contribution is 8.03. The molecule has 0 aliphatic heterocycles. The van der Waals surface area contributed by atoms with Gasteiger partial charge in [0.1, 0.15) is 14.2 Å². The van der Waals surface area contributed by atoms with Gasteiger partial charge in [0.05, 0.1) is 13.2 Å². The van der Waals surface area contributed by atoms with Crippen molar-refractivity contribution in [3.63, 3.8) is 0 Å². The van der Waals surface area contributed by atoms with Crippen LogP contribution in [0.4, 0.5) is 0 Å². The van der Waals surface area contributed by atoms with Crippen LogP contribution < -0.4 is 0 Å². The summed E-state index contributed by atoms with van der Waals surface area (Å²) in [6.07, 6.45) is 2.21. The summed E-state index contributed by atoms with van der Waals surface area (Å²) in [7, 11) is 0.527. The predicted molar refractivity (Wildman–Crippen MR) is 81.4 cm³/mol. The molecule has 0 saturated heterocycles. The molecule has 0 radical (unpaired) electrons. The van der Waals surface area contributed by atoms with Crippen LogP contribution in [0.2, 0.25) is 0 Å². The first-order valence-electron chi connectivity index (χ1n) is 5.90. The minimum atomic E-state index is -1.07. The molecule has 0 amide bonds. The van der Waals surface area contributed by atoms with Gasteiger partial charge in [0.2, 0.25) is 11.8 Å². The average Bonchev–Trinajstić information content (AvgIpc) is 2.38. The van der Waals surface area contributed by atoms with Crippen LogP contribution in [-0.4, -0.2) is 36.9 Å². The second-order valence-electron chi connectivity index (χ2n) is 3.81. The Morgan fingerprint density at radius 1 is 1.28 bits per heavy atom. The van der Waals surface area contributed by atoms with Crippen LogP contribution in [0.5, 0.6) is 0 Å². The molecule has 0 rings (SSSR count). The zero-order valence-corrected chi connectivity index (χ0v) is 14.3. The van der Waals surface area contributed by atoms with E-state index in [0.29, 0.717) is 33.8 Å². The van der Waals surface area contributed by atoms with Crippen LogP contribution in [0.25, 0.3) is 0 Å². The lowest BCUT2D eigenvalue weighted by Crippen LogP contribution is -2.25. The van der Waals surface area contributed by atoms with E-state index in [-0.39, 0.29) is 6.61 Å². The van der Waals surface area contributed by atoms with Gasteiger partial charge < -0.3 is 14.4 Å². The van der Waals surface area contributed by atoms with Gasteiger partial charge in [0, 0.05) is 20.0 Å². The Hall–Kier alpha value is 0.880. The minimum Gasteiger partial charge on any atom is -0.396 e. The second kappa shape index (κ2) is 11.7. The molecule has 0 aromatic heterocycles. The van der Waals surface area contributed by atoms with Gasteiger partial charge >= 0.3 is 6.92 Å². The predicted octanol–water partition coefficient (Wildman–Crippen LogP) is 3.12. The molecule has 1 N–H and O–H groups in total.